The molecule has 0 saturated heterocycles. The van der Waals surface area contributed by atoms with Crippen molar-refractivity contribution in [2.75, 3.05) is 25.2 Å². The average molecular weight is 491 g/mol. The zero-order valence-corrected chi connectivity index (χ0v) is 21.2. The van der Waals surface area contributed by atoms with Crippen LogP contribution in [0.15, 0.2) is 10.5 Å². The molecule has 1 N–H and O–H groups in total. The minimum Gasteiger partial charge on any atom is -0.344 e. The summed E-state index contributed by atoms with van der Waals surface area (Å²) >= 11 is 4.33. The average Bonchev–Trinajstić information content (AvgIpc) is 3.42. The summed E-state index contributed by atoms with van der Waals surface area (Å²) < 4.78 is 1.96. The molecule has 32 heavy (non-hydrogen) atoms. The molecule has 0 aromatic carbocycles. The first-order valence-electron chi connectivity index (χ1n) is 10.3. The third-order valence-electron chi connectivity index (χ3n) is 5.45. The quantitative estimate of drug-likeness (QED) is 0.528. The van der Waals surface area contributed by atoms with Gasteiger partial charge in [-0.1, -0.05) is 30.0 Å². The van der Waals surface area contributed by atoms with Crippen LogP contribution in [0.4, 0.5) is 5.13 Å². The molecule has 3 aromatic heterocycles. The molecular weight excluding hydrogens is 464 g/mol. The number of hydrogen-bond acceptors (Lipinski definition) is 8. The number of anilines is 1. The summed E-state index contributed by atoms with van der Waals surface area (Å²) in [5, 5.41) is 14.8. The van der Waals surface area contributed by atoms with Crippen molar-refractivity contribution in [2.45, 2.75) is 38.3 Å². The zero-order chi connectivity index (χ0) is 23.0. The summed E-state index contributed by atoms with van der Waals surface area (Å²) in [6, 6.07) is 0. The smallest absolute Gasteiger partial charge is 0.265 e. The van der Waals surface area contributed by atoms with Crippen molar-refractivity contribution < 1.29 is 9.59 Å². The highest BCUT2D eigenvalue weighted by Crippen LogP contribution is 2.38. The number of hydrogen-bond donors (Lipinski definition) is 1. The highest BCUT2D eigenvalue weighted by Gasteiger charge is 2.24. The fourth-order valence-corrected chi connectivity index (χ4v) is 6.63. The van der Waals surface area contributed by atoms with Crippen LogP contribution in [0, 0.1) is 12.8 Å². The Labute approximate surface area is 199 Å². The van der Waals surface area contributed by atoms with Crippen molar-refractivity contribution in [1.82, 2.24) is 24.6 Å². The van der Waals surface area contributed by atoms with E-state index in [9.17, 15) is 9.59 Å². The van der Waals surface area contributed by atoms with E-state index in [1.165, 1.54) is 50.4 Å². The lowest BCUT2D eigenvalue weighted by Crippen LogP contribution is -2.21. The van der Waals surface area contributed by atoms with Gasteiger partial charge >= 0.3 is 0 Å². The Balaban J connectivity index is 1.40. The molecule has 0 saturated carbocycles. The first-order chi connectivity index (χ1) is 15.2. The SMILES string of the molecule is Cc1nc(NC(=O)CSc2nnc(-c3csc4c3CCC(C)C4)n2C)sc1C(=O)N(C)C. The standard InChI is InChI=1S/C21H26N6O2S3/c1-11-6-7-13-14(9-30-15(13)8-11)18-24-25-21(27(18)5)31-10-16(28)23-20-22-12(2)17(32-20)19(29)26(3)4/h9,11H,6-8,10H2,1-5H3,(H,22,23,28). The molecule has 3 heterocycles. The topological polar surface area (TPSA) is 93.0 Å². The second-order valence-electron chi connectivity index (χ2n) is 8.23. The molecule has 0 radical (unpaired) electrons. The van der Waals surface area contributed by atoms with Gasteiger partial charge in [-0.25, -0.2) is 4.98 Å². The lowest BCUT2D eigenvalue weighted by Gasteiger charge is -2.18. The maximum absolute atomic E-state index is 12.5. The van der Waals surface area contributed by atoms with E-state index in [4.69, 9.17) is 0 Å². The minimum atomic E-state index is -0.195. The van der Waals surface area contributed by atoms with Crippen LogP contribution in [0.5, 0.6) is 0 Å². The molecule has 11 heteroatoms. The van der Waals surface area contributed by atoms with Gasteiger partial charge in [-0.2, -0.15) is 0 Å². The van der Waals surface area contributed by atoms with E-state index in [-0.39, 0.29) is 17.6 Å². The number of carbonyl (C=O) groups is 2. The summed E-state index contributed by atoms with van der Waals surface area (Å²) in [6.45, 7) is 4.07. The Hall–Kier alpha value is -2.24. The van der Waals surface area contributed by atoms with E-state index in [1.54, 1.807) is 21.0 Å². The number of aromatic nitrogens is 4. The van der Waals surface area contributed by atoms with E-state index < -0.39 is 0 Å². The maximum Gasteiger partial charge on any atom is 0.265 e. The third kappa shape index (κ3) is 4.60. The maximum atomic E-state index is 12.5. The number of thiophene rings is 1. The van der Waals surface area contributed by atoms with E-state index in [2.05, 4.69) is 32.8 Å². The molecule has 1 aliphatic carbocycles. The second-order valence-corrected chi connectivity index (χ2v) is 11.1. The number of nitrogens with zero attached hydrogens (tertiary/aromatic N) is 5. The first-order valence-corrected chi connectivity index (χ1v) is 13.0. The molecular formula is C21H26N6O2S3. The van der Waals surface area contributed by atoms with Crippen LogP contribution < -0.4 is 5.32 Å². The largest absolute Gasteiger partial charge is 0.344 e. The van der Waals surface area contributed by atoms with E-state index in [0.29, 0.717) is 20.9 Å². The van der Waals surface area contributed by atoms with E-state index in [1.807, 2.05) is 23.0 Å². The normalized spacial score (nSPS) is 15.5. The number of rotatable bonds is 6. The van der Waals surface area contributed by atoms with Crippen molar-refractivity contribution in [1.29, 1.82) is 0 Å². The molecule has 0 aliphatic heterocycles. The summed E-state index contributed by atoms with van der Waals surface area (Å²) in [7, 11) is 5.32. The monoisotopic (exact) mass is 490 g/mol. The number of thioether (sulfide) groups is 1. The number of aryl methyl sites for hydroxylation is 1. The molecule has 1 aliphatic rings. The van der Waals surface area contributed by atoms with E-state index in [0.717, 1.165) is 24.6 Å². The van der Waals surface area contributed by atoms with Crippen molar-refractivity contribution >= 4 is 51.4 Å². The first kappa shape index (κ1) is 22.9. The molecule has 170 valence electrons. The Kier molecular flexibility index (Phi) is 6.68. The Morgan fingerprint density at radius 1 is 1.34 bits per heavy atom. The van der Waals surface area contributed by atoms with Crippen LogP contribution in [0.25, 0.3) is 11.4 Å². The molecule has 1 atom stereocenters. The van der Waals surface area contributed by atoms with Gasteiger partial charge in [0.25, 0.3) is 5.91 Å². The van der Waals surface area contributed by atoms with Crippen molar-refractivity contribution in [2.24, 2.45) is 13.0 Å². The molecule has 3 aromatic rings. The highest BCUT2D eigenvalue weighted by molar-refractivity contribution is 7.99. The zero-order valence-electron chi connectivity index (χ0n) is 18.8. The van der Waals surface area contributed by atoms with E-state index >= 15 is 0 Å². The van der Waals surface area contributed by atoms with Crippen LogP contribution in [-0.4, -0.2) is 56.3 Å². The van der Waals surface area contributed by atoms with Gasteiger partial charge < -0.3 is 14.8 Å². The van der Waals surface area contributed by atoms with Crippen molar-refractivity contribution in [3.63, 3.8) is 0 Å². The van der Waals surface area contributed by atoms with Crippen LogP contribution in [0.2, 0.25) is 0 Å². The second kappa shape index (κ2) is 9.32. The summed E-state index contributed by atoms with van der Waals surface area (Å²) in [5.41, 5.74) is 3.18. The van der Waals surface area contributed by atoms with Crippen LogP contribution in [-0.2, 0) is 24.7 Å². The molecule has 2 amide bonds. The lowest BCUT2D eigenvalue weighted by molar-refractivity contribution is -0.113. The minimum absolute atomic E-state index is 0.119. The summed E-state index contributed by atoms with van der Waals surface area (Å²) in [4.78, 5) is 32.4. The predicted molar refractivity (Wildman–Crippen MR) is 130 cm³/mol. The summed E-state index contributed by atoms with van der Waals surface area (Å²) in [6.07, 6.45) is 3.42. The molecule has 0 bridgehead atoms. The number of carbonyl (C=O) groups excluding carboxylic acids is 2. The number of thiazole rings is 1. The molecule has 0 spiro atoms. The molecule has 8 nitrogen and oxygen atoms in total. The van der Waals surface area contributed by atoms with Crippen LogP contribution in [0.3, 0.4) is 0 Å². The van der Waals surface area contributed by atoms with Gasteiger partial charge in [0.1, 0.15) is 4.88 Å². The van der Waals surface area contributed by atoms with Gasteiger partial charge in [0.2, 0.25) is 5.91 Å². The van der Waals surface area contributed by atoms with Crippen molar-refractivity contribution in [3.8, 4) is 11.4 Å². The van der Waals surface area contributed by atoms with Crippen molar-refractivity contribution in [3.05, 3.63) is 26.4 Å². The van der Waals surface area contributed by atoms with Gasteiger partial charge in [-0.05, 0) is 37.7 Å². The molecule has 0 fully saturated rings. The van der Waals surface area contributed by atoms with Gasteiger partial charge in [0, 0.05) is 37.0 Å². The van der Waals surface area contributed by atoms with Gasteiger partial charge in [-0.3, -0.25) is 9.59 Å². The Morgan fingerprint density at radius 3 is 2.88 bits per heavy atom. The number of nitrogens with one attached hydrogen (secondary N) is 1. The van der Waals surface area contributed by atoms with Crippen LogP contribution >= 0.6 is 34.4 Å². The summed E-state index contributed by atoms with van der Waals surface area (Å²) in [5.74, 6) is 1.45. The Morgan fingerprint density at radius 2 is 2.12 bits per heavy atom. The molecule has 4 rings (SSSR count). The molecule has 1 unspecified atom stereocenters. The highest BCUT2D eigenvalue weighted by atomic mass is 32.2. The van der Waals surface area contributed by atoms with Gasteiger partial charge in [-0.15, -0.1) is 21.5 Å². The predicted octanol–water partition coefficient (Wildman–Crippen LogP) is 3.87. The number of amides is 2. The Bertz CT molecular complexity index is 1160. The van der Waals surface area contributed by atoms with Gasteiger partial charge in [0.15, 0.2) is 16.1 Å². The third-order valence-corrected chi connectivity index (χ3v) is 8.59. The fourth-order valence-electron chi connectivity index (χ4n) is 3.68. The van der Waals surface area contributed by atoms with Gasteiger partial charge in [0.05, 0.1) is 11.4 Å². The lowest BCUT2D eigenvalue weighted by atomic mass is 9.88. The fraction of sp³-hybridized carbons (Fsp3) is 0.476. The number of fused-ring (bicyclic) bond motifs is 1. The van der Waals surface area contributed by atoms with Crippen LogP contribution in [0.1, 0.15) is 39.2 Å².